The summed E-state index contributed by atoms with van der Waals surface area (Å²) >= 11 is 0. The van der Waals surface area contributed by atoms with E-state index in [9.17, 15) is 13.2 Å². The molecule has 2 aliphatic rings. The molecule has 0 amide bonds. The molecule has 2 fully saturated rings. The summed E-state index contributed by atoms with van der Waals surface area (Å²) in [5.41, 5.74) is 0.300. The molecule has 5 nitrogen and oxygen atoms in total. The first-order chi connectivity index (χ1) is 11.9. The standard InChI is InChI=1S/C19H27NO4S/c1-20(2)25(22,23)18-9-5-8-16(13-18)19(21)24-17-11-10-14-6-3-4-7-15(14)12-17/h5,8-9,13-15,17H,3-4,6-7,10-12H2,1-2H3/t14-,15+,17+/m0/s1. The minimum Gasteiger partial charge on any atom is -0.459 e. The van der Waals surface area contributed by atoms with Gasteiger partial charge >= 0.3 is 5.97 Å². The third kappa shape index (κ3) is 4.06. The molecule has 1 aromatic rings. The molecule has 138 valence electrons. The van der Waals surface area contributed by atoms with Crippen molar-refractivity contribution in [3.05, 3.63) is 29.8 Å². The lowest BCUT2D eigenvalue weighted by atomic mass is 9.70. The zero-order valence-corrected chi connectivity index (χ0v) is 15.8. The van der Waals surface area contributed by atoms with Gasteiger partial charge in [-0.15, -0.1) is 0 Å². The highest BCUT2D eigenvalue weighted by atomic mass is 32.2. The molecule has 0 N–H and O–H groups in total. The molecule has 3 rings (SSSR count). The summed E-state index contributed by atoms with van der Waals surface area (Å²) in [5, 5.41) is 0. The van der Waals surface area contributed by atoms with Crippen LogP contribution in [0.1, 0.15) is 55.3 Å². The average Bonchev–Trinajstić information content (AvgIpc) is 2.61. The fraction of sp³-hybridized carbons (Fsp3) is 0.632. The van der Waals surface area contributed by atoms with Gasteiger partial charge in [0, 0.05) is 14.1 Å². The van der Waals surface area contributed by atoms with Gasteiger partial charge in [-0.25, -0.2) is 17.5 Å². The third-order valence-electron chi connectivity index (χ3n) is 5.61. The van der Waals surface area contributed by atoms with Crippen molar-refractivity contribution in [2.45, 2.75) is 55.9 Å². The Morgan fingerprint density at radius 3 is 2.52 bits per heavy atom. The van der Waals surface area contributed by atoms with E-state index in [0.29, 0.717) is 11.5 Å². The second kappa shape index (κ2) is 7.46. The monoisotopic (exact) mass is 365 g/mol. The summed E-state index contributed by atoms with van der Waals surface area (Å²) in [5.74, 6) is 1.06. The molecular formula is C19H27NO4S. The number of sulfonamides is 1. The first-order valence-corrected chi connectivity index (χ1v) is 10.6. The van der Waals surface area contributed by atoms with Gasteiger partial charge in [0.1, 0.15) is 6.10 Å². The lowest BCUT2D eigenvalue weighted by molar-refractivity contribution is -0.000947. The predicted octanol–water partition coefficient (Wildman–Crippen LogP) is 3.45. The average molecular weight is 365 g/mol. The smallest absolute Gasteiger partial charge is 0.338 e. The van der Waals surface area contributed by atoms with E-state index >= 15 is 0 Å². The summed E-state index contributed by atoms with van der Waals surface area (Å²) in [6.45, 7) is 0. The lowest BCUT2D eigenvalue weighted by Crippen LogP contribution is -2.33. The lowest BCUT2D eigenvalue weighted by Gasteiger charge is -2.38. The molecule has 0 aliphatic heterocycles. The maximum atomic E-state index is 12.5. The first-order valence-electron chi connectivity index (χ1n) is 9.11. The maximum absolute atomic E-state index is 12.5. The second-order valence-corrected chi connectivity index (χ2v) is 9.61. The number of fused-ring (bicyclic) bond motifs is 1. The number of hydrogen-bond donors (Lipinski definition) is 0. The van der Waals surface area contributed by atoms with Crippen molar-refractivity contribution >= 4 is 16.0 Å². The molecular weight excluding hydrogens is 338 g/mol. The number of benzene rings is 1. The van der Waals surface area contributed by atoms with Crippen LogP contribution in [0.15, 0.2) is 29.2 Å². The molecule has 3 atom stereocenters. The molecule has 0 unspecified atom stereocenters. The quantitative estimate of drug-likeness (QED) is 0.767. The topological polar surface area (TPSA) is 63.7 Å². The van der Waals surface area contributed by atoms with Crippen LogP contribution in [0.3, 0.4) is 0 Å². The molecule has 0 radical (unpaired) electrons. The summed E-state index contributed by atoms with van der Waals surface area (Å²) in [7, 11) is -0.606. The normalized spacial score (nSPS) is 26.9. The van der Waals surface area contributed by atoms with Gasteiger partial charge in [-0.05, 0) is 49.3 Å². The van der Waals surface area contributed by atoms with Crippen molar-refractivity contribution in [1.82, 2.24) is 4.31 Å². The minimum atomic E-state index is -3.56. The summed E-state index contributed by atoms with van der Waals surface area (Å²) in [4.78, 5) is 12.6. The zero-order valence-electron chi connectivity index (χ0n) is 15.0. The SMILES string of the molecule is CN(C)S(=O)(=O)c1cccc(C(=O)O[C@@H]2CC[C@@H]3CCCC[C@@H]3C2)c1. The number of carbonyl (C=O) groups excluding carboxylic acids is 1. The van der Waals surface area contributed by atoms with Gasteiger partial charge in [0.05, 0.1) is 10.5 Å². The molecule has 2 saturated carbocycles. The molecule has 0 bridgehead atoms. The molecule has 2 aliphatic carbocycles. The number of carbonyl (C=O) groups is 1. The van der Waals surface area contributed by atoms with E-state index in [0.717, 1.165) is 29.5 Å². The van der Waals surface area contributed by atoms with Crippen LogP contribution in [0, 0.1) is 11.8 Å². The highest BCUT2D eigenvalue weighted by Crippen LogP contribution is 2.41. The van der Waals surface area contributed by atoms with Gasteiger partial charge in [0.25, 0.3) is 0 Å². The van der Waals surface area contributed by atoms with Crippen LogP contribution in [-0.2, 0) is 14.8 Å². The Balaban J connectivity index is 1.68. The number of rotatable bonds is 4. The van der Waals surface area contributed by atoms with Crippen molar-refractivity contribution in [3.8, 4) is 0 Å². The first kappa shape index (κ1) is 18.4. The highest BCUT2D eigenvalue weighted by Gasteiger charge is 2.34. The molecule has 0 aromatic heterocycles. The van der Waals surface area contributed by atoms with E-state index in [-0.39, 0.29) is 11.0 Å². The highest BCUT2D eigenvalue weighted by molar-refractivity contribution is 7.89. The number of nitrogens with zero attached hydrogens (tertiary/aromatic N) is 1. The molecule has 0 spiro atoms. The van der Waals surface area contributed by atoms with Crippen molar-refractivity contribution in [3.63, 3.8) is 0 Å². The van der Waals surface area contributed by atoms with Crippen LogP contribution in [0.5, 0.6) is 0 Å². The molecule has 6 heteroatoms. The van der Waals surface area contributed by atoms with Gasteiger partial charge in [0.2, 0.25) is 10.0 Å². The van der Waals surface area contributed by atoms with Crippen molar-refractivity contribution < 1.29 is 17.9 Å². The van der Waals surface area contributed by atoms with E-state index in [2.05, 4.69) is 0 Å². The fourth-order valence-corrected chi connectivity index (χ4v) is 5.10. The molecule has 0 saturated heterocycles. The van der Waals surface area contributed by atoms with Gasteiger partial charge in [-0.2, -0.15) is 0 Å². The van der Waals surface area contributed by atoms with E-state index in [4.69, 9.17) is 4.74 Å². The van der Waals surface area contributed by atoms with Gasteiger partial charge in [-0.3, -0.25) is 0 Å². The molecule has 0 heterocycles. The molecule has 1 aromatic carbocycles. The van der Waals surface area contributed by atoms with E-state index in [1.165, 1.54) is 51.9 Å². The van der Waals surface area contributed by atoms with Gasteiger partial charge in [-0.1, -0.05) is 31.7 Å². The Kier molecular flexibility index (Phi) is 5.49. The Morgan fingerprint density at radius 2 is 1.80 bits per heavy atom. The van der Waals surface area contributed by atoms with E-state index < -0.39 is 16.0 Å². The Labute approximate surface area is 150 Å². The van der Waals surface area contributed by atoms with Crippen LogP contribution in [0.25, 0.3) is 0 Å². The number of hydrogen-bond acceptors (Lipinski definition) is 4. The minimum absolute atomic E-state index is 0.0408. The van der Waals surface area contributed by atoms with Crippen molar-refractivity contribution in [2.75, 3.05) is 14.1 Å². The number of esters is 1. The Morgan fingerprint density at radius 1 is 1.08 bits per heavy atom. The number of ether oxygens (including phenoxy) is 1. The van der Waals surface area contributed by atoms with Crippen LogP contribution in [-0.4, -0.2) is 38.9 Å². The van der Waals surface area contributed by atoms with Crippen molar-refractivity contribution in [1.29, 1.82) is 0 Å². The van der Waals surface area contributed by atoms with Gasteiger partial charge in [0.15, 0.2) is 0 Å². The maximum Gasteiger partial charge on any atom is 0.338 e. The Bertz CT molecular complexity index is 729. The predicted molar refractivity (Wildman–Crippen MR) is 95.8 cm³/mol. The summed E-state index contributed by atoms with van der Waals surface area (Å²) in [6, 6.07) is 6.11. The zero-order chi connectivity index (χ0) is 18.0. The van der Waals surface area contributed by atoms with Crippen molar-refractivity contribution in [2.24, 2.45) is 11.8 Å². The van der Waals surface area contributed by atoms with Crippen LogP contribution in [0.4, 0.5) is 0 Å². The summed E-state index contributed by atoms with van der Waals surface area (Å²) < 4.78 is 31.3. The van der Waals surface area contributed by atoms with Crippen LogP contribution >= 0.6 is 0 Å². The largest absolute Gasteiger partial charge is 0.459 e. The molecule has 25 heavy (non-hydrogen) atoms. The Hall–Kier alpha value is -1.40. The van der Waals surface area contributed by atoms with E-state index in [1.54, 1.807) is 12.1 Å². The van der Waals surface area contributed by atoms with Crippen LogP contribution in [0.2, 0.25) is 0 Å². The fourth-order valence-electron chi connectivity index (χ4n) is 4.15. The summed E-state index contributed by atoms with van der Waals surface area (Å²) in [6.07, 6.45) is 8.14. The third-order valence-corrected chi connectivity index (χ3v) is 7.42. The van der Waals surface area contributed by atoms with Crippen LogP contribution < -0.4 is 0 Å². The van der Waals surface area contributed by atoms with E-state index in [1.807, 2.05) is 0 Å². The second-order valence-electron chi connectivity index (χ2n) is 7.46. The van der Waals surface area contributed by atoms with Gasteiger partial charge < -0.3 is 4.74 Å².